The van der Waals surface area contributed by atoms with Crippen molar-refractivity contribution < 1.29 is 19.0 Å². The molecule has 0 N–H and O–H groups in total. The number of benzene rings is 1. The van der Waals surface area contributed by atoms with E-state index >= 15 is 0 Å². The Hall–Kier alpha value is -2.74. The first-order valence-corrected chi connectivity index (χ1v) is 9.99. The van der Waals surface area contributed by atoms with Crippen molar-refractivity contribution in [2.75, 3.05) is 26.6 Å². The molecule has 0 bridgehead atoms. The second-order valence-electron chi connectivity index (χ2n) is 6.01. The Labute approximate surface area is 168 Å². The molecular weight excluding hydrogens is 378 g/mol. The van der Waals surface area contributed by atoms with Crippen molar-refractivity contribution in [3.05, 3.63) is 36.7 Å². The van der Waals surface area contributed by atoms with Crippen molar-refractivity contribution >= 4 is 23.4 Å². The third kappa shape index (κ3) is 4.56. The number of thioether (sulfide) groups is 1. The lowest BCUT2D eigenvalue weighted by Crippen LogP contribution is -2.09. The number of fused-ring (bicyclic) bond motifs is 1. The third-order valence-corrected chi connectivity index (χ3v) is 5.04. The molecule has 8 heteroatoms. The molecule has 148 valence electrons. The van der Waals surface area contributed by atoms with E-state index in [1.54, 1.807) is 20.4 Å². The molecule has 0 saturated heterocycles. The van der Waals surface area contributed by atoms with Crippen molar-refractivity contribution in [3.8, 4) is 22.8 Å². The molecule has 28 heavy (non-hydrogen) atoms. The Kier molecular flexibility index (Phi) is 6.76. The molecule has 1 aromatic carbocycles. The quantitative estimate of drug-likeness (QED) is 0.233. The van der Waals surface area contributed by atoms with E-state index in [1.807, 2.05) is 34.9 Å². The minimum Gasteiger partial charge on any atom is -0.493 e. The average molecular weight is 401 g/mol. The van der Waals surface area contributed by atoms with E-state index in [2.05, 4.69) is 11.9 Å². The number of rotatable bonds is 9. The highest BCUT2D eigenvalue weighted by Crippen LogP contribution is 2.32. The maximum atomic E-state index is 11.9. The first-order valence-electron chi connectivity index (χ1n) is 9.01. The molecule has 0 unspecified atom stereocenters. The molecule has 0 fully saturated rings. The van der Waals surface area contributed by atoms with E-state index < -0.39 is 0 Å². The summed E-state index contributed by atoms with van der Waals surface area (Å²) < 4.78 is 17.8. The van der Waals surface area contributed by atoms with Crippen LogP contribution in [0.25, 0.3) is 16.9 Å². The zero-order valence-electron chi connectivity index (χ0n) is 16.2. The number of carbonyl (C=O) groups excluding carboxylic acids is 1. The fraction of sp³-hybridized carbons (Fsp3) is 0.350. The normalized spacial score (nSPS) is 10.8. The van der Waals surface area contributed by atoms with Crippen LogP contribution in [0.5, 0.6) is 11.5 Å². The van der Waals surface area contributed by atoms with E-state index in [-0.39, 0.29) is 11.7 Å². The maximum absolute atomic E-state index is 11.9. The SMILES string of the molecule is CCCCOC(=O)CSc1nc(-c2ccc(OC)c(OC)c2)cc2nccn12. The fourth-order valence-corrected chi connectivity index (χ4v) is 3.42. The van der Waals surface area contributed by atoms with Gasteiger partial charge in [-0.3, -0.25) is 9.20 Å². The highest BCUT2D eigenvalue weighted by atomic mass is 32.2. The molecule has 0 amide bonds. The third-order valence-electron chi connectivity index (χ3n) is 4.12. The average Bonchev–Trinajstić information content (AvgIpc) is 3.20. The van der Waals surface area contributed by atoms with Crippen molar-refractivity contribution in [1.82, 2.24) is 14.4 Å². The van der Waals surface area contributed by atoms with Gasteiger partial charge in [0, 0.05) is 24.0 Å². The number of ether oxygens (including phenoxy) is 3. The van der Waals surface area contributed by atoms with E-state index in [4.69, 9.17) is 19.2 Å². The first-order chi connectivity index (χ1) is 13.7. The zero-order chi connectivity index (χ0) is 19.9. The van der Waals surface area contributed by atoms with Gasteiger partial charge in [0.15, 0.2) is 16.7 Å². The van der Waals surface area contributed by atoms with E-state index in [9.17, 15) is 4.79 Å². The molecule has 0 aliphatic carbocycles. The van der Waals surface area contributed by atoms with Gasteiger partial charge in [-0.1, -0.05) is 25.1 Å². The molecule has 0 atom stereocenters. The summed E-state index contributed by atoms with van der Waals surface area (Å²) in [7, 11) is 3.19. The predicted octanol–water partition coefficient (Wildman–Crippen LogP) is 3.85. The molecule has 2 heterocycles. The van der Waals surface area contributed by atoms with Crippen molar-refractivity contribution in [2.45, 2.75) is 24.9 Å². The number of aromatic nitrogens is 3. The number of methoxy groups -OCH3 is 2. The number of imidazole rings is 1. The highest BCUT2D eigenvalue weighted by Gasteiger charge is 2.13. The number of hydrogen-bond donors (Lipinski definition) is 0. The summed E-state index contributed by atoms with van der Waals surface area (Å²) in [5, 5.41) is 0.673. The lowest BCUT2D eigenvalue weighted by atomic mass is 10.1. The molecule has 0 aliphatic heterocycles. The summed E-state index contributed by atoms with van der Waals surface area (Å²) in [6.07, 6.45) is 5.39. The number of hydrogen-bond acceptors (Lipinski definition) is 7. The topological polar surface area (TPSA) is 75.0 Å². The number of carbonyl (C=O) groups is 1. The second-order valence-corrected chi connectivity index (χ2v) is 6.95. The summed E-state index contributed by atoms with van der Waals surface area (Å²) in [6, 6.07) is 7.51. The van der Waals surface area contributed by atoms with Crippen LogP contribution in [0.2, 0.25) is 0 Å². The summed E-state index contributed by atoms with van der Waals surface area (Å²) in [4.78, 5) is 21.0. The lowest BCUT2D eigenvalue weighted by Gasteiger charge is -2.11. The number of unbranched alkanes of at least 4 members (excludes halogenated alkanes) is 1. The summed E-state index contributed by atoms with van der Waals surface area (Å²) >= 11 is 1.33. The molecular formula is C20H23N3O4S. The molecule has 0 saturated carbocycles. The fourth-order valence-electron chi connectivity index (χ4n) is 2.64. The standard InChI is InChI=1S/C20H23N3O4S/c1-4-5-10-27-19(24)13-28-20-22-15(12-18-21-8-9-23(18)20)14-6-7-16(25-2)17(11-14)26-3/h6-9,11-12H,4-5,10,13H2,1-3H3. The molecule has 0 spiro atoms. The van der Waals surface area contributed by atoms with Crippen LogP contribution in [-0.2, 0) is 9.53 Å². The largest absolute Gasteiger partial charge is 0.493 e. The molecule has 0 aliphatic rings. The van der Waals surface area contributed by atoms with Crippen LogP contribution in [0.15, 0.2) is 41.8 Å². The van der Waals surface area contributed by atoms with Crippen LogP contribution in [-0.4, -0.2) is 46.9 Å². The summed E-state index contributed by atoms with van der Waals surface area (Å²) in [6.45, 7) is 2.51. The summed E-state index contributed by atoms with van der Waals surface area (Å²) in [5.74, 6) is 1.22. The first kappa shape index (κ1) is 20.0. The Balaban J connectivity index is 1.86. The number of nitrogens with zero attached hydrogens (tertiary/aromatic N) is 3. The molecule has 2 aromatic heterocycles. The van der Waals surface area contributed by atoms with Gasteiger partial charge < -0.3 is 14.2 Å². The van der Waals surface area contributed by atoms with Gasteiger partial charge in [0.2, 0.25) is 0 Å². The summed E-state index contributed by atoms with van der Waals surface area (Å²) in [5.41, 5.74) is 2.36. The Morgan fingerprint density at radius 1 is 1.18 bits per heavy atom. The van der Waals surface area contributed by atoms with Crippen LogP contribution in [0, 0.1) is 0 Å². The van der Waals surface area contributed by atoms with Gasteiger partial charge in [-0.15, -0.1) is 0 Å². The van der Waals surface area contributed by atoms with Gasteiger partial charge in [0.05, 0.1) is 32.3 Å². The molecule has 3 aromatic rings. The molecule has 3 rings (SSSR count). The smallest absolute Gasteiger partial charge is 0.316 e. The monoisotopic (exact) mass is 401 g/mol. The van der Waals surface area contributed by atoms with Crippen LogP contribution >= 0.6 is 11.8 Å². The molecule has 0 radical (unpaired) electrons. The van der Waals surface area contributed by atoms with Gasteiger partial charge in [-0.2, -0.15) is 0 Å². The Morgan fingerprint density at radius 2 is 2.00 bits per heavy atom. The van der Waals surface area contributed by atoms with Crippen molar-refractivity contribution in [2.24, 2.45) is 0 Å². The lowest BCUT2D eigenvalue weighted by molar-refractivity contribution is -0.140. The van der Waals surface area contributed by atoms with E-state index in [0.717, 1.165) is 29.7 Å². The minimum atomic E-state index is -0.245. The van der Waals surface area contributed by atoms with Gasteiger partial charge in [-0.05, 0) is 24.6 Å². The van der Waals surface area contributed by atoms with Crippen LogP contribution in [0.1, 0.15) is 19.8 Å². The maximum Gasteiger partial charge on any atom is 0.316 e. The van der Waals surface area contributed by atoms with Gasteiger partial charge in [0.1, 0.15) is 5.65 Å². The predicted molar refractivity (Wildman–Crippen MR) is 108 cm³/mol. The van der Waals surface area contributed by atoms with Crippen LogP contribution < -0.4 is 9.47 Å². The van der Waals surface area contributed by atoms with Crippen molar-refractivity contribution in [3.63, 3.8) is 0 Å². The van der Waals surface area contributed by atoms with Gasteiger partial charge in [0.25, 0.3) is 0 Å². The van der Waals surface area contributed by atoms with Gasteiger partial charge >= 0.3 is 5.97 Å². The van der Waals surface area contributed by atoms with Crippen molar-refractivity contribution in [1.29, 1.82) is 0 Å². The van der Waals surface area contributed by atoms with E-state index in [0.29, 0.717) is 23.3 Å². The zero-order valence-corrected chi connectivity index (χ0v) is 17.0. The second kappa shape index (κ2) is 9.45. The molecule has 7 nitrogen and oxygen atoms in total. The van der Waals surface area contributed by atoms with Crippen LogP contribution in [0.3, 0.4) is 0 Å². The minimum absolute atomic E-state index is 0.194. The Bertz CT molecular complexity index is 958. The van der Waals surface area contributed by atoms with Gasteiger partial charge in [-0.25, -0.2) is 9.97 Å². The highest BCUT2D eigenvalue weighted by molar-refractivity contribution is 7.99. The van der Waals surface area contributed by atoms with Crippen LogP contribution in [0.4, 0.5) is 0 Å². The Morgan fingerprint density at radius 3 is 2.75 bits per heavy atom. The van der Waals surface area contributed by atoms with E-state index in [1.165, 1.54) is 11.8 Å². The number of esters is 1.